The van der Waals surface area contributed by atoms with E-state index >= 15 is 0 Å². The standard InChI is InChI=1S/C14H16ClN5O/c15-11-5-9(12-7-21-3-1-2-17-12)4-10(6-11)13-18-8-19-14(16)20-13/h4-6,8,12,17H,1-3,7H2,(H2,16,18,19,20). The molecule has 0 bridgehead atoms. The van der Waals surface area contributed by atoms with Crippen LogP contribution in [0.4, 0.5) is 5.95 Å². The van der Waals surface area contributed by atoms with Crippen LogP contribution in [0.2, 0.25) is 5.02 Å². The van der Waals surface area contributed by atoms with E-state index in [2.05, 4.69) is 20.3 Å². The highest BCUT2D eigenvalue weighted by atomic mass is 35.5. The summed E-state index contributed by atoms with van der Waals surface area (Å²) in [5.41, 5.74) is 7.48. The van der Waals surface area contributed by atoms with Gasteiger partial charge in [-0.05, 0) is 36.7 Å². The van der Waals surface area contributed by atoms with Gasteiger partial charge in [-0.3, -0.25) is 0 Å². The predicted molar refractivity (Wildman–Crippen MR) is 80.9 cm³/mol. The minimum atomic E-state index is 0.115. The average molecular weight is 306 g/mol. The van der Waals surface area contributed by atoms with E-state index in [9.17, 15) is 0 Å². The average Bonchev–Trinajstić information content (AvgIpc) is 2.76. The third-order valence-corrected chi connectivity index (χ3v) is 3.53. The zero-order chi connectivity index (χ0) is 14.7. The highest BCUT2D eigenvalue weighted by Crippen LogP contribution is 2.26. The van der Waals surface area contributed by atoms with Gasteiger partial charge < -0.3 is 15.8 Å². The molecule has 1 aliphatic rings. The quantitative estimate of drug-likeness (QED) is 0.880. The fourth-order valence-electron chi connectivity index (χ4n) is 2.32. The first-order valence-electron chi connectivity index (χ1n) is 6.79. The minimum Gasteiger partial charge on any atom is -0.379 e. The summed E-state index contributed by atoms with van der Waals surface area (Å²) in [7, 11) is 0. The molecular formula is C14H16ClN5O. The number of nitrogen functional groups attached to an aromatic ring is 1. The van der Waals surface area contributed by atoms with Gasteiger partial charge in [0.25, 0.3) is 0 Å². The molecule has 1 aromatic carbocycles. The number of nitrogens with one attached hydrogen (secondary N) is 1. The number of hydrogen-bond acceptors (Lipinski definition) is 6. The molecule has 1 fully saturated rings. The van der Waals surface area contributed by atoms with E-state index in [0.29, 0.717) is 17.5 Å². The molecule has 3 N–H and O–H groups in total. The Morgan fingerprint density at radius 2 is 2.19 bits per heavy atom. The monoisotopic (exact) mass is 305 g/mol. The molecule has 0 saturated carbocycles. The highest BCUT2D eigenvalue weighted by molar-refractivity contribution is 6.30. The Bertz CT molecular complexity index is 629. The summed E-state index contributed by atoms with van der Waals surface area (Å²) in [4.78, 5) is 12.1. The van der Waals surface area contributed by atoms with E-state index in [1.54, 1.807) is 0 Å². The topological polar surface area (TPSA) is 86.0 Å². The number of rotatable bonds is 2. The maximum absolute atomic E-state index is 6.23. The van der Waals surface area contributed by atoms with Crippen molar-refractivity contribution < 1.29 is 4.74 Å². The van der Waals surface area contributed by atoms with Gasteiger partial charge >= 0.3 is 0 Å². The highest BCUT2D eigenvalue weighted by Gasteiger charge is 2.16. The van der Waals surface area contributed by atoms with Crippen LogP contribution in [0, 0.1) is 0 Å². The van der Waals surface area contributed by atoms with E-state index in [1.165, 1.54) is 6.33 Å². The molecule has 6 nitrogen and oxygen atoms in total. The summed E-state index contributed by atoms with van der Waals surface area (Å²) < 4.78 is 5.60. The van der Waals surface area contributed by atoms with E-state index in [-0.39, 0.29) is 12.0 Å². The molecule has 1 atom stereocenters. The molecule has 2 heterocycles. The Morgan fingerprint density at radius 3 is 3.05 bits per heavy atom. The number of halogens is 1. The van der Waals surface area contributed by atoms with Crippen LogP contribution in [0.25, 0.3) is 11.4 Å². The number of hydrogen-bond donors (Lipinski definition) is 2. The van der Waals surface area contributed by atoms with Gasteiger partial charge in [0.2, 0.25) is 5.95 Å². The molecule has 1 saturated heterocycles. The third kappa shape index (κ3) is 3.47. The van der Waals surface area contributed by atoms with Crippen molar-refractivity contribution in [3.05, 3.63) is 35.1 Å². The fourth-order valence-corrected chi connectivity index (χ4v) is 2.56. The molecule has 110 valence electrons. The summed E-state index contributed by atoms with van der Waals surface area (Å²) in [6.07, 6.45) is 2.40. The fraction of sp³-hybridized carbons (Fsp3) is 0.357. The number of anilines is 1. The normalized spacial score (nSPS) is 19.2. The SMILES string of the molecule is Nc1ncnc(-c2cc(Cl)cc(C3COCCCN3)c2)n1. The summed E-state index contributed by atoms with van der Waals surface area (Å²) >= 11 is 6.23. The second-order valence-electron chi connectivity index (χ2n) is 4.88. The maximum Gasteiger partial charge on any atom is 0.223 e. The minimum absolute atomic E-state index is 0.115. The smallest absolute Gasteiger partial charge is 0.223 e. The summed E-state index contributed by atoms with van der Waals surface area (Å²) in [6.45, 7) is 2.32. The van der Waals surface area contributed by atoms with E-state index < -0.39 is 0 Å². The maximum atomic E-state index is 6.23. The number of nitrogens with zero attached hydrogens (tertiary/aromatic N) is 3. The molecule has 0 amide bonds. The van der Waals surface area contributed by atoms with Gasteiger partial charge in [0, 0.05) is 17.2 Å². The molecule has 7 heteroatoms. The van der Waals surface area contributed by atoms with Gasteiger partial charge in [-0.15, -0.1) is 0 Å². The molecule has 0 radical (unpaired) electrons. The van der Waals surface area contributed by atoms with Crippen molar-refractivity contribution in [2.24, 2.45) is 0 Å². The Labute approximate surface area is 127 Å². The predicted octanol–water partition coefficient (Wildman–Crippen LogP) is 1.83. The molecule has 3 rings (SSSR count). The Morgan fingerprint density at radius 1 is 1.29 bits per heavy atom. The van der Waals surface area contributed by atoms with E-state index in [4.69, 9.17) is 22.1 Å². The number of nitrogens with two attached hydrogens (primary N) is 1. The van der Waals surface area contributed by atoms with Gasteiger partial charge in [0.1, 0.15) is 6.33 Å². The molecule has 2 aromatic rings. The Kier molecular flexibility index (Phi) is 4.28. The lowest BCUT2D eigenvalue weighted by Crippen LogP contribution is -2.23. The largest absolute Gasteiger partial charge is 0.379 e. The summed E-state index contributed by atoms with van der Waals surface area (Å²) in [5.74, 6) is 0.707. The number of ether oxygens (including phenoxy) is 1. The molecule has 1 aliphatic heterocycles. The van der Waals surface area contributed by atoms with Gasteiger partial charge in [-0.1, -0.05) is 11.6 Å². The zero-order valence-corrected chi connectivity index (χ0v) is 12.2. The second-order valence-corrected chi connectivity index (χ2v) is 5.31. The van der Waals surface area contributed by atoms with Crippen LogP contribution in [-0.4, -0.2) is 34.7 Å². The first-order chi connectivity index (χ1) is 10.2. The first-order valence-corrected chi connectivity index (χ1v) is 7.16. The van der Waals surface area contributed by atoms with Crippen molar-refractivity contribution in [1.29, 1.82) is 0 Å². The van der Waals surface area contributed by atoms with Crippen molar-refractivity contribution in [2.45, 2.75) is 12.5 Å². The van der Waals surface area contributed by atoms with Crippen LogP contribution in [0.15, 0.2) is 24.5 Å². The van der Waals surface area contributed by atoms with Crippen LogP contribution >= 0.6 is 11.6 Å². The Hall–Kier alpha value is -1.76. The molecule has 21 heavy (non-hydrogen) atoms. The number of benzene rings is 1. The third-order valence-electron chi connectivity index (χ3n) is 3.31. The van der Waals surface area contributed by atoms with Gasteiger partial charge in [0.15, 0.2) is 5.82 Å². The van der Waals surface area contributed by atoms with Crippen LogP contribution in [0.1, 0.15) is 18.0 Å². The Balaban J connectivity index is 1.95. The molecule has 1 aromatic heterocycles. The van der Waals surface area contributed by atoms with Crippen LogP contribution in [-0.2, 0) is 4.74 Å². The van der Waals surface area contributed by atoms with E-state index in [1.807, 2.05) is 18.2 Å². The lowest BCUT2D eigenvalue weighted by atomic mass is 10.0. The molecule has 0 aliphatic carbocycles. The van der Waals surface area contributed by atoms with Crippen molar-refractivity contribution in [3.63, 3.8) is 0 Å². The zero-order valence-electron chi connectivity index (χ0n) is 11.4. The molecule has 0 spiro atoms. The van der Waals surface area contributed by atoms with E-state index in [0.717, 1.165) is 30.7 Å². The molecule has 1 unspecified atom stereocenters. The van der Waals surface area contributed by atoms with Crippen molar-refractivity contribution in [1.82, 2.24) is 20.3 Å². The lowest BCUT2D eigenvalue weighted by Gasteiger charge is -2.17. The molecular weight excluding hydrogens is 290 g/mol. The first kappa shape index (κ1) is 14.2. The van der Waals surface area contributed by atoms with Crippen molar-refractivity contribution >= 4 is 17.5 Å². The van der Waals surface area contributed by atoms with Gasteiger partial charge in [-0.25, -0.2) is 9.97 Å². The lowest BCUT2D eigenvalue weighted by molar-refractivity contribution is 0.131. The van der Waals surface area contributed by atoms with Crippen molar-refractivity contribution in [3.8, 4) is 11.4 Å². The van der Waals surface area contributed by atoms with Crippen LogP contribution in [0.3, 0.4) is 0 Å². The van der Waals surface area contributed by atoms with Gasteiger partial charge in [-0.2, -0.15) is 4.98 Å². The summed E-state index contributed by atoms with van der Waals surface area (Å²) in [5, 5.41) is 4.09. The van der Waals surface area contributed by atoms with Crippen LogP contribution in [0.5, 0.6) is 0 Å². The van der Waals surface area contributed by atoms with Gasteiger partial charge in [0.05, 0.1) is 12.6 Å². The summed E-state index contributed by atoms with van der Waals surface area (Å²) in [6, 6.07) is 5.87. The second kappa shape index (κ2) is 6.34. The van der Waals surface area contributed by atoms with Crippen LogP contribution < -0.4 is 11.1 Å². The van der Waals surface area contributed by atoms with Crippen molar-refractivity contribution in [2.75, 3.05) is 25.5 Å². The number of aromatic nitrogens is 3.